The van der Waals surface area contributed by atoms with Crippen molar-refractivity contribution in [2.45, 2.75) is 42.9 Å². The van der Waals surface area contributed by atoms with Crippen LogP contribution in [0.2, 0.25) is 0 Å². The number of hydrogen-bond donors (Lipinski definition) is 2. The molecule has 0 aliphatic carbocycles. The predicted octanol–water partition coefficient (Wildman–Crippen LogP) is 6.07. The van der Waals surface area contributed by atoms with Gasteiger partial charge >= 0.3 is 0 Å². The summed E-state index contributed by atoms with van der Waals surface area (Å²) in [6.45, 7) is 5.51. The molecule has 1 aromatic heterocycles. The summed E-state index contributed by atoms with van der Waals surface area (Å²) in [6.07, 6.45) is 3.71. The summed E-state index contributed by atoms with van der Waals surface area (Å²) in [4.78, 5) is 18.7. The van der Waals surface area contributed by atoms with Gasteiger partial charge in [0.2, 0.25) is 15.7 Å². The third kappa shape index (κ3) is 5.44. The van der Waals surface area contributed by atoms with Crippen molar-refractivity contribution in [2.24, 2.45) is 0 Å². The Morgan fingerprint density at radius 3 is 2.08 bits per heavy atom. The molecular formula is C29H30N4O3S. The summed E-state index contributed by atoms with van der Waals surface area (Å²) in [6, 6.07) is 21.3. The average molecular weight is 515 g/mol. The molecule has 4 aromatic rings. The molecule has 1 fully saturated rings. The van der Waals surface area contributed by atoms with Crippen molar-refractivity contribution in [3.8, 4) is 0 Å². The van der Waals surface area contributed by atoms with Crippen LogP contribution in [0.4, 0.5) is 22.7 Å². The zero-order valence-corrected chi connectivity index (χ0v) is 21.8. The van der Waals surface area contributed by atoms with E-state index in [0.717, 1.165) is 41.1 Å². The van der Waals surface area contributed by atoms with Gasteiger partial charge in [0.15, 0.2) is 0 Å². The summed E-state index contributed by atoms with van der Waals surface area (Å²) in [5.41, 5.74) is 5.30. The first-order chi connectivity index (χ1) is 17.8. The predicted molar refractivity (Wildman–Crippen MR) is 148 cm³/mol. The Balaban J connectivity index is 1.40. The maximum Gasteiger partial charge on any atom is 0.221 e. The van der Waals surface area contributed by atoms with Crippen molar-refractivity contribution >= 4 is 49.4 Å². The Hall–Kier alpha value is -3.91. The number of nitrogens with one attached hydrogen (secondary N) is 2. The molecule has 0 bridgehead atoms. The van der Waals surface area contributed by atoms with Gasteiger partial charge in [-0.05, 0) is 99.0 Å². The normalized spacial score (nSPS) is 13.9. The maximum absolute atomic E-state index is 13.1. The van der Waals surface area contributed by atoms with Gasteiger partial charge in [0.05, 0.1) is 15.3 Å². The van der Waals surface area contributed by atoms with Gasteiger partial charge in [-0.15, -0.1) is 0 Å². The largest absolute Gasteiger partial charge is 0.372 e. The monoisotopic (exact) mass is 514 g/mol. The summed E-state index contributed by atoms with van der Waals surface area (Å²) in [7, 11) is -3.69. The molecule has 37 heavy (non-hydrogen) atoms. The van der Waals surface area contributed by atoms with Gasteiger partial charge in [-0.1, -0.05) is 0 Å². The fraction of sp³-hybridized carbons (Fsp3) is 0.241. The van der Waals surface area contributed by atoms with E-state index in [4.69, 9.17) is 4.98 Å². The van der Waals surface area contributed by atoms with Gasteiger partial charge in [0.25, 0.3) is 0 Å². The molecule has 1 aliphatic heterocycles. The number of nitrogens with zero attached hydrogens (tertiary/aromatic N) is 2. The number of aromatic nitrogens is 1. The minimum atomic E-state index is -3.69. The van der Waals surface area contributed by atoms with E-state index in [2.05, 4.69) is 33.7 Å². The highest BCUT2D eigenvalue weighted by atomic mass is 32.2. The summed E-state index contributed by atoms with van der Waals surface area (Å²) in [5.74, 6) is -0.210. The first kappa shape index (κ1) is 24.8. The smallest absolute Gasteiger partial charge is 0.221 e. The Labute approximate surface area is 217 Å². The summed E-state index contributed by atoms with van der Waals surface area (Å²) >= 11 is 0. The van der Waals surface area contributed by atoms with Crippen molar-refractivity contribution in [3.63, 3.8) is 0 Å². The number of anilines is 4. The van der Waals surface area contributed by atoms with Gasteiger partial charge in [-0.3, -0.25) is 9.78 Å². The Morgan fingerprint density at radius 1 is 0.838 bits per heavy atom. The summed E-state index contributed by atoms with van der Waals surface area (Å²) in [5, 5.41) is 7.14. The summed E-state index contributed by atoms with van der Waals surface area (Å²) < 4.78 is 26.2. The van der Waals surface area contributed by atoms with Crippen molar-refractivity contribution in [1.82, 2.24) is 4.98 Å². The molecule has 2 N–H and O–H groups in total. The molecule has 0 saturated carbocycles. The van der Waals surface area contributed by atoms with Crippen LogP contribution < -0.4 is 15.5 Å². The zero-order chi connectivity index (χ0) is 26.0. The molecule has 2 heterocycles. The van der Waals surface area contributed by atoms with Gasteiger partial charge in [0.1, 0.15) is 0 Å². The van der Waals surface area contributed by atoms with E-state index in [0.29, 0.717) is 5.69 Å². The number of fused-ring (bicyclic) bond motifs is 1. The topological polar surface area (TPSA) is 91.4 Å². The molecule has 8 heteroatoms. The fourth-order valence-corrected chi connectivity index (χ4v) is 5.99. The number of piperidine rings is 1. The molecule has 1 amide bonds. The molecule has 0 atom stereocenters. The molecular weight excluding hydrogens is 484 g/mol. The third-order valence-electron chi connectivity index (χ3n) is 6.57. The van der Waals surface area contributed by atoms with Crippen LogP contribution in [0, 0.1) is 6.92 Å². The van der Waals surface area contributed by atoms with Crippen molar-refractivity contribution < 1.29 is 13.2 Å². The van der Waals surface area contributed by atoms with Gasteiger partial charge < -0.3 is 15.5 Å². The van der Waals surface area contributed by atoms with Crippen LogP contribution in [0.25, 0.3) is 10.9 Å². The molecule has 190 valence electrons. The second kappa shape index (κ2) is 10.2. The second-order valence-electron chi connectivity index (χ2n) is 9.42. The van der Waals surface area contributed by atoms with Crippen LogP contribution in [0.1, 0.15) is 31.9 Å². The molecule has 3 aromatic carbocycles. The highest BCUT2D eigenvalue weighted by molar-refractivity contribution is 7.91. The lowest BCUT2D eigenvalue weighted by Crippen LogP contribution is -2.29. The first-order valence-corrected chi connectivity index (χ1v) is 13.9. The number of amides is 1. The number of benzene rings is 3. The van der Waals surface area contributed by atoms with E-state index in [1.54, 1.807) is 36.4 Å². The van der Waals surface area contributed by atoms with E-state index < -0.39 is 9.84 Å². The number of hydrogen-bond acceptors (Lipinski definition) is 6. The molecule has 5 rings (SSSR count). The maximum atomic E-state index is 13.1. The van der Waals surface area contributed by atoms with Crippen LogP contribution >= 0.6 is 0 Å². The number of carbonyl (C=O) groups excluding carboxylic acids is 1. The fourth-order valence-electron chi connectivity index (χ4n) is 4.73. The number of carbonyl (C=O) groups is 1. The van der Waals surface area contributed by atoms with Crippen molar-refractivity contribution in [1.29, 1.82) is 0 Å². The molecule has 1 saturated heterocycles. The SMILES string of the molecule is CC(=O)Nc1ccc(S(=O)(=O)c2ccc(Nc3cc(C)nc4ccc(N5CCCCC5)cc34)cc2)cc1. The highest BCUT2D eigenvalue weighted by Gasteiger charge is 2.18. The lowest BCUT2D eigenvalue weighted by Gasteiger charge is -2.29. The minimum Gasteiger partial charge on any atom is -0.372 e. The van der Waals surface area contributed by atoms with Crippen LogP contribution in [-0.2, 0) is 14.6 Å². The number of sulfone groups is 1. The Kier molecular flexibility index (Phi) is 6.84. The van der Waals surface area contributed by atoms with Gasteiger partial charge in [-0.25, -0.2) is 8.42 Å². The van der Waals surface area contributed by atoms with Gasteiger partial charge in [-0.2, -0.15) is 0 Å². The highest BCUT2D eigenvalue weighted by Crippen LogP contribution is 2.32. The van der Waals surface area contributed by atoms with E-state index in [1.807, 2.05) is 13.0 Å². The van der Waals surface area contributed by atoms with Crippen LogP contribution in [0.15, 0.2) is 82.6 Å². The molecule has 0 radical (unpaired) electrons. The second-order valence-corrected chi connectivity index (χ2v) is 11.4. The van der Waals surface area contributed by atoms with E-state index >= 15 is 0 Å². The Morgan fingerprint density at radius 2 is 1.46 bits per heavy atom. The standard InChI is InChI=1S/C29H30N4O3S/c1-20-18-29(27-19-24(10-15-28(27)30-20)33-16-4-3-5-17-33)32-23-8-13-26(14-9-23)37(35,36)25-11-6-22(7-12-25)31-21(2)34/h6-15,18-19H,3-5,16-17H2,1-2H3,(H,30,32)(H,31,34). The quantitative estimate of drug-likeness (QED) is 0.325. The van der Waals surface area contributed by atoms with Crippen molar-refractivity contribution in [2.75, 3.05) is 28.6 Å². The Bertz CT molecular complexity index is 1540. The van der Waals surface area contributed by atoms with E-state index in [9.17, 15) is 13.2 Å². The van der Waals surface area contributed by atoms with Gasteiger partial charge in [0, 0.05) is 53.8 Å². The number of aryl methyl sites for hydroxylation is 1. The molecule has 1 aliphatic rings. The lowest BCUT2D eigenvalue weighted by molar-refractivity contribution is -0.114. The van der Waals surface area contributed by atoms with Crippen molar-refractivity contribution in [3.05, 3.63) is 78.5 Å². The van der Waals surface area contributed by atoms with Crippen LogP contribution in [-0.4, -0.2) is 32.4 Å². The average Bonchev–Trinajstić information content (AvgIpc) is 2.89. The third-order valence-corrected chi connectivity index (χ3v) is 8.36. The number of rotatable bonds is 6. The molecule has 0 spiro atoms. The molecule has 7 nitrogen and oxygen atoms in total. The van der Waals surface area contributed by atoms with E-state index in [1.165, 1.54) is 44.0 Å². The first-order valence-electron chi connectivity index (χ1n) is 12.5. The molecule has 0 unspecified atom stereocenters. The van der Waals surface area contributed by atoms with E-state index in [-0.39, 0.29) is 15.7 Å². The minimum absolute atomic E-state index is 0.170. The number of pyridine rings is 1. The zero-order valence-electron chi connectivity index (χ0n) is 21.0. The van der Waals surface area contributed by atoms with Crippen LogP contribution in [0.3, 0.4) is 0 Å². The van der Waals surface area contributed by atoms with Crippen LogP contribution in [0.5, 0.6) is 0 Å². The lowest BCUT2D eigenvalue weighted by atomic mass is 10.1.